The molecule has 4 nitrogen and oxygen atoms in total. The first-order valence-corrected chi connectivity index (χ1v) is 6.85. The Labute approximate surface area is 127 Å². The van der Waals surface area contributed by atoms with Crippen LogP contribution in [-0.2, 0) is 10.9 Å². The number of anilines is 1. The fourth-order valence-electron chi connectivity index (χ4n) is 1.69. The highest BCUT2D eigenvalue weighted by atomic mass is 32.1. The van der Waals surface area contributed by atoms with E-state index in [9.17, 15) is 22.8 Å². The van der Waals surface area contributed by atoms with Gasteiger partial charge in [0.1, 0.15) is 5.00 Å². The molecule has 0 saturated carbocycles. The molecule has 1 N–H and O–H groups in total. The Morgan fingerprint density at radius 3 is 2.59 bits per heavy atom. The Morgan fingerprint density at radius 2 is 1.95 bits per heavy atom. The number of halogens is 3. The predicted octanol–water partition coefficient (Wildman–Crippen LogP) is 3.81. The molecule has 2 aromatic rings. The largest absolute Gasteiger partial charge is 0.465 e. The summed E-state index contributed by atoms with van der Waals surface area (Å²) in [6.07, 6.45) is -4.53. The maximum Gasteiger partial charge on any atom is 0.416 e. The van der Waals surface area contributed by atoms with Crippen molar-refractivity contribution in [2.24, 2.45) is 0 Å². The molecular weight excluding hydrogens is 319 g/mol. The van der Waals surface area contributed by atoms with Crippen LogP contribution in [0.3, 0.4) is 0 Å². The zero-order chi connectivity index (χ0) is 16.3. The van der Waals surface area contributed by atoms with Crippen molar-refractivity contribution in [2.45, 2.75) is 6.18 Å². The van der Waals surface area contributed by atoms with Gasteiger partial charge in [-0.3, -0.25) is 4.79 Å². The summed E-state index contributed by atoms with van der Waals surface area (Å²) in [6, 6.07) is 5.49. The van der Waals surface area contributed by atoms with Crippen molar-refractivity contribution in [3.8, 4) is 0 Å². The molecule has 2 rings (SSSR count). The van der Waals surface area contributed by atoms with E-state index in [-0.39, 0.29) is 16.1 Å². The second kappa shape index (κ2) is 6.18. The molecule has 0 saturated heterocycles. The van der Waals surface area contributed by atoms with Gasteiger partial charge in [0, 0.05) is 5.56 Å². The summed E-state index contributed by atoms with van der Waals surface area (Å²) in [5, 5.41) is 4.19. The molecule has 0 bridgehead atoms. The lowest BCUT2D eigenvalue weighted by Gasteiger charge is -2.09. The molecule has 0 aliphatic heterocycles. The van der Waals surface area contributed by atoms with Crippen molar-refractivity contribution >= 4 is 28.2 Å². The zero-order valence-electron chi connectivity index (χ0n) is 11.2. The monoisotopic (exact) mass is 329 g/mol. The van der Waals surface area contributed by atoms with Gasteiger partial charge in [-0.05, 0) is 29.6 Å². The molecule has 0 unspecified atom stereocenters. The van der Waals surface area contributed by atoms with E-state index in [1.54, 1.807) is 5.38 Å². The van der Waals surface area contributed by atoms with E-state index < -0.39 is 23.6 Å². The minimum atomic E-state index is -4.53. The molecule has 0 spiro atoms. The number of hydrogen-bond donors (Lipinski definition) is 1. The summed E-state index contributed by atoms with van der Waals surface area (Å²) in [6.45, 7) is 0. The highest BCUT2D eigenvalue weighted by Gasteiger charge is 2.31. The van der Waals surface area contributed by atoms with Gasteiger partial charge in [-0.15, -0.1) is 11.3 Å². The first-order chi connectivity index (χ1) is 10.3. The van der Waals surface area contributed by atoms with Crippen LogP contribution in [0.5, 0.6) is 0 Å². The Hall–Kier alpha value is -2.35. The number of benzene rings is 1. The van der Waals surface area contributed by atoms with E-state index >= 15 is 0 Å². The van der Waals surface area contributed by atoms with Crippen molar-refractivity contribution in [3.05, 3.63) is 52.4 Å². The van der Waals surface area contributed by atoms with E-state index in [2.05, 4.69) is 10.1 Å². The van der Waals surface area contributed by atoms with Crippen molar-refractivity contribution in [1.82, 2.24) is 0 Å². The molecule has 0 atom stereocenters. The first-order valence-electron chi connectivity index (χ1n) is 5.97. The number of nitrogens with one attached hydrogen (secondary N) is 1. The number of methoxy groups -OCH3 is 1. The topological polar surface area (TPSA) is 55.4 Å². The normalized spacial score (nSPS) is 11.1. The first kappa shape index (κ1) is 16.0. The molecule has 116 valence electrons. The molecule has 22 heavy (non-hydrogen) atoms. The lowest BCUT2D eigenvalue weighted by molar-refractivity contribution is -0.137. The quantitative estimate of drug-likeness (QED) is 0.871. The van der Waals surface area contributed by atoms with Crippen molar-refractivity contribution in [2.75, 3.05) is 12.4 Å². The van der Waals surface area contributed by atoms with E-state index in [0.29, 0.717) is 0 Å². The maximum absolute atomic E-state index is 12.6. The lowest BCUT2D eigenvalue weighted by atomic mass is 10.1. The van der Waals surface area contributed by atoms with Crippen LogP contribution in [0.15, 0.2) is 35.7 Å². The Morgan fingerprint density at radius 1 is 1.23 bits per heavy atom. The van der Waals surface area contributed by atoms with Gasteiger partial charge in [-0.2, -0.15) is 13.2 Å². The van der Waals surface area contributed by atoms with Crippen LogP contribution in [0.4, 0.5) is 18.2 Å². The maximum atomic E-state index is 12.6. The summed E-state index contributed by atoms with van der Waals surface area (Å²) < 4.78 is 42.5. The van der Waals surface area contributed by atoms with Crippen LogP contribution < -0.4 is 5.32 Å². The van der Waals surface area contributed by atoms with Crippen LogP contribution in [0.25, 0.3) is 0 Å². The number of amides is 1. The van der Waals surface area contributed by atoms with Gasteiger partial charge in [0.05, 0.1) is 18.2 Å². The third kappa shape index (κ3) is 3.45. The molecule has 1 amide bonds. The second-order valence-electron chi connectivity index (χ2n) is 4.19. The number of carbonyl (C=O) groups excluding carboxylic acids is 2. The van der Waals surface area contributed by atoms with E-state index in [1.807, 2.05) is 0 Å². The highest BCUT2D eigenvalue weighted by Crippen LogP contribution is 2.30. The lowest BCUT2D eigenvalue weighted by Crippen LogP contribution is -2.15. The van der Waals surface area contributed by atoms with E-state index in [4.69, 9.17) is 0 Å². The van der Waals surface area contributed by atoms with Gasteiger partial charge in [0.2, 0.25) is 0 Å². The minimum Gasteiger partial charge on any atom is -0.465 e. The Kier molecular flexibility index (Phi) is 4.51. The second-order valence-corrected chi connectivity index (χ2v) is 5.10. The molecule has 1 heterocycles. The zero-order valence-corrected chi connectivity index (χ0v) is 12.0. The van der Waals surface area contributed by atoms with Gasteiger partial charge in [-0.1, -0.05) is 6.07 Å². The van der Waals surface area contributed by atoms with Crippen LogP contribution >= 0.6 is 11.3 Å². The summed E-state index contributed by atoms with van der Waals surface area (Å²) in [5.41, 5.74) is -0.925. The summed E-state index contributed by atoms with van der Waals surface area (Å²) in [4.78, 5) is 23.5. The fraction of sp³-hybridized carbons (Fsp3) is 0.143. The molecule has 8 heteroatoms. The molecule has 1 aromatic heterocycles. The number of ether oxygens (including phenoxy) is 1. The van der Waals surface area contributed by atoms with Crippen molar-refractivity contribution < 1.29 is 27.5 Å². The molecule has 0 fully saturated rings. The molecule has 1 aromatic carbocycles. The number of hydrogen-bond acceptors (Lipinski definition) is 4. The number of carbonyl (C=O) groups is 2. The van der Waals surface area contributed by atoms with Crippen LogP contribution in [0.1, 0.15) is 26.3 Å². The third-order valence-corrected chi connectivity index (χ3v) is 3.58. The molecule has 0 aliphatic rings. The smallest absolute Gasteiger partial charge is 0.416 e. The fourth-order valence-corrected chi connectivity index (χ4v) is 2.46. The van der Waals surface area contributed by atoms with Crippen LogP contribution in [0.2, 0.25) is 0 Å². The van der Waals surface area contributed by atoms with Gasteiger partial charge in [0.15, 0.2) is 0 Å². The van der Waals surface area contributed by atoms with E-state index in [1.165, 1.54) is 19.2 Å². The summed E-state index contributed by atoms with van der Waals surface area (Å²) >= 11 is 1.07. The van der Waals surface area contributed by atoms with E-state index in [0.717, 1.165) is 29.5 Å². The van der Waals surface area contributed by atoms with Gasteiger partial charge in [-0.25, -0.2) is 4.79 Å². The predicted molar refractivity (Wildman–Crippen MR) is 75.1 cm³/mol. The summed E-state index contributed by atoms with van der Waals surface area (Å²) in [7, 11) is 1.19. The van der Waals surface area contributed by atoms with Crippen LogP contribution in [-0.4, -0.2) is 19.0 Å². The molecular formula is C14H10F3NO3S. The average molecular weight is 329 g/mol. The average Bonchev–Trinajstić information content (AvgIpc) is 2.93. The van der Waals surface area contributed by atoms with Crippen LogP contribution in [0, 0.1) is 0 Å². The van der Waals surface area contributed by atoms with Gasteiger partial charge in [0.25, 0.3) is 5.91 Å². The number of esters is 1. The minimum absolute atomic E-state index is 0.146. The molecule has 0 radical (unpaired) electrons. The SMILES string of the molecule is COC(=O)c1ccsc1NC(=O)c1cccc(C(F)(F)F)c1. The van der Waals surface area contributed by atoms with Gasteiger partial charge >= 0.3 is 12.1 Å². The Balaban J connectivity index is 2.24. The molecule has 0 aliphatic carbocycles. The summed E-state index contributed by atoms with van der Waals surface area (Å²) in [5.74, 6) is -1.38. The van der Waals surface area contributed by atoms with Crippen molar-refractivity contribution in [3.63, 3.8) is 0 Å². The third-order valence-electron chi connectivity index (χ3n) is 2.75. The standard InChI is InChI=1S/C14H10F3NO3S/c1-21-13(20)10-5-6-22-12(10)18-11(19)8-3-2-4-9(7-8)14(15,16)17/h2-7H,1H3,(H,18,19). The number of rotatable bonds is 3. The number of thiophene rings is 1. The van der Waals surface area contributed by atoms with Gasteiger partial charge < -0.3 is 10.1 Å². The number of alkyl halides is 3. The Bertz CT molecular complexity index is 709. The highest BCUT2D eigenvalue weighted by molar-refractivity contribution is 7.14. The van der Waals surface area contributed by atoms with Crippen molar-refractivity contribution in [1.29, 1.82) is 0 Å².